The van der Waals surface area contributed by atoms with Crippen LogP contribution in [-0.2, 0) is 0 Å². The molecule has 0 spiro atoms. The SMILES string of the molecule is CC(Oc1cccc(Cl)c1)C(NN)c1cccs1. The molecule has 0 saturated carbocycles. The van der Waals surface area contributed by atoms with Gasteiger partial charge in [-0.2, -0.15) is 0 Å². The maximum Gasteiger partial charge on any atom is 0.121 e. The average Bonchev–Trinajstić information content (AvgIpc) is 2.83. The Labute approximate surface area is 116 Å². The third-order valence-electron chi connectivity index (χ3n) is 2.62. The van der Waals surface area contributed by atoms with Gasteiger partial charge in [0, 0.05) is 9.90 Å². The number of nitrogens with two attached hydrogens (primary N) is 1. The van der Waals surface area contributed by atoms with E-state index < -0.39 is 0 Å². The van der Waals surface area contributed by atoms with E-state index in [2.05, 4.69) is 5.43 Å². The molecular weight excluding hydrogens is 268 g/mol. The van der Waals surface area contributed by atoms with Gasteiger partial charge in [-0.3, -0.25) is 5.84 Å². The summed E-state index contributed by atoms with van der Waals surface area (Å²) in [5, 5.41) is 2.68. The zero-order chi connectivity index (χ0) is 13.0. The lowest BCUT2D eigenvalue weighted by atomic mass is 10.1. The molecule has 0 aliphatic rings. The summed E-state index contributed by atoms with van der Waals surface area (Å²) in [6.45, 7) is 1.98. The molecule has 0 radical (unpaired) electrons. The van der Waals surface area contributed by atoms with Crippen LogP contribution in [0.2, 0.25) is 5.02 Å². The van der Waals surface area contributed by atoms with Gasteiger partial charge in [-0.15, -0.1) is 11.3 Å². The molecule has 18 heavy (non-hydrogen) atoms. The first-order chi connectivity index (χ1) is 8.70. The summed E-state index contributed by atoms with van der Waals surface area (Å²) in [7, 11) is 0. The Morgan fingerprint density at radius 1 is 1.33 bits per heavy atom. The van der Waals surface area contributed by atoms with Crippen LogP contribution < -0.4 is 16.0 Å². The molecule has 1 aromatic carbocycles. The van der Waals surface area contributed by atoms with Crippen LogP contribution in [-0.4, -0.2) is 6.10 Å². The highest BCUT2D eigenvalue weighted by Gasteiger charge is 2.20. The largest absolute Gasteiger partial charge is 0.489 e. The maximum absolute atomic E-state index is 5.92. The van der Waals surface area contributed by atoms with Gasteiger partial charge in [-0.05, 0) is 36.6 Å². The fraction of sp³-hybridized carbons (Fsp3) is 0.231. The van der Waals surface area contributed by atoms with Crippen LogP contribution in [0.25, 0.3) is 0 Å². The van der Waals surface area contributed by atoms with Crippen molar-refractivity contribution in [1.29, 1.82) is 0 Å². The van der Waals surface area contributed by atoms with E-state index in [1.54, 1.807) is 17.4 Å². The van der Waals surface area contributed by atoms with Crippen LogP contribution in [0, 0.1) is 0 Å². The lowest BCUT2D eigenvalue weighted by Gasteiger charge is -2.23. The van der Waals surface area contributed by atoms with Crippen molar-refractivity contribution in [2.75, 3.05) is 0 Å². The fourth-order valence-corrected chi connectivity index (χ4v) is 2.80. The molecular formula is C13H15ClN2OS. The maximum atomic E-state index is 5.92. The van der Waals surface area contributed by atoms with E-state index in [0.29, 0.717) is 5.02 Å². The summed E-state index contributed by atoms with van der Waals surface area (Å²) in [6, 6.07) is 11.3. The van der Waals surface area contributed by atoms with Gasteiger partial charge in [0.15, 0.2) is 0 Å². The number of thiophene rings is 1. The Morgan fingerprint density at radius 3 is 2.78 bits per heavy atom. The molecule has 1 aromatic heterocycles. The molecule has 3 nitrogen and oxygen atoms in total. The van der Waals surface area contributed by atoms with Crippen molar-refractivity contribution in [3.8, 4) is 5.75 Å². The molecule has 0 aliphatic carbocycles. The predicted molar refractivity (Wildman–Crippen MR) is 75.9 cm³/mol. The summed E-state index contributed by atoms with van der Waals surface area (Å²) in [5.74, 6) is 6.34. The van der Waals surface area contributed by atoms with E-state index in [-0.39, 0.29) is 12.1 Å². The second-order valence-corrected chi connectivity index (χ2v) is 5.36. The van der Waals surface area contributed by atoms with Crippen LogP contribution >= 0.6 is 22.9 Å². The highest BCUT2D eigenvalue weighted by Crippen LogP contribution is 2.26. The average molecular weight is 283 g/mol. The summed E-state index contributed by atoms with van der Waals surface area (Å²) in [6.07, 6.45) is -0.0906. The molecule has 0 amide bonds. The van der Waals surface area contributed by atoms with Crippen LogP contribution in [0.1, 0.15) is 17.8 Å². The first kappa shape index (κ1) is 13.4. The Kier molecular flexibility index (Phi) is 4.60. The minimum Gasteiger partial charge on any atom is -0.489 e. The number of benzene rings is 1. The Bertz CT molecular complexity index is 489. The third kappa shape index (κ3) is 3.23. The monoisotopic (exact) mass is 282 g/mol. The van der Waals surface area contributed by atoms with E-state index in [9.17, 15) is 0 Å². The van der Waals surface area contributed by atoms with Crippen LogP contribution in [0.3, 0.4) is 0 Å². The number of ether oxygens (including phenoxy) is 1. The second kappa shape index (κ2) is 6.20. The topological polar surface area (TPSA) is 47.3 Å². The normalized spacial score (nSPS) is 14.2. The highest BCUT2D eigenvalue weighted by molar-refractivity contribution is 7.10. The van der Waals surface area contributed by atoms with E-state index in [1.165, 1.54) is 0 Å². The number of rotatable bonds is 5. The van der Waals surface area contributed by atoms with E-state index >= 15 is 0 Å². The molecule has 5 heteroatoms. The standard InChI is InChI=1S/C13H15ClN2OS/c1-9(13(16-15)12-6-3-7-18-12)17-11-5-2-4-10(14)8-11/h2-9,13,16H,15H2,1H3. The van der Waals surface area contributed by atoms with E-state index in [1.807, 2.05) is 42.6 Å². The fourth-order valence-electron chi connectivity index (χ4n) is 1.74. The Balaban J connectivity index is 2.08. The smallest absolute Gasteiger partial charge is 0.121 e. The molecule has 0 aliphatic heterocycles. The van der Waals surface area contributed by atoms with Crippen molar-refractivity contribution in [2.45, 2.75) is 19.1 Å². The molecule has 96 valence electrons. The van der Waals surface area contributed by atoms with Gasteiger partial charge >= 0.3 is 0 Å². The molecule has 2 aromatic rings. The van der Waals surface area contributed by atoms with Gasteiger partial charge in [-0.1, -0.05) is 23.7 Å². The second-order valence-electron chi connectivity index (χ2n) is 3.94. The lowest BCUT2D eigenvalue weighted by molar-refractivity contribution is 0.173. The molecule has 0 fully saturated rings. The van der Waals surface area contributed by atoms with Gasteiger partial charge in [0.05, 0.1) is 6.04 Å². The minimum absolute atomic E-state index is 0.0380. The van der Waals surface area contributed by atoms with Gasteiger partial charge in [0.1, 0.15) is 11.9 Å². The summed E-state index contributed by atoms with van der Waals surface area (Å²) >= 11 is 7.57. The molecule has 2 unspecified atom stereocenters. The van der Waals surface area contributed by atoms with Crippen LogP contribution in [0.15, 0.2) is 41.8 Å². The Hall–Kier alpha value is -1.07. The number of hydrogen-bond donors (Lipinski definition) is 2. The zero-order valence-electron chi connectivity index (χ0n) is 9.97. The minimum atomic E-state index is -0.0906. The van der Waals surface area contributed by atoms with Gasteiger partial charge in [0.25, 0.3) is 0 Å². The number of halogens is 1. The highest BCUT2D eigenvalue weighted by atomic mass is 35.5. The van der Waals surface area contributed by atoms with Crippen molar-refractivity contribution >= 4 is 22.9 Å². The molecule has 1 heterocycles. The number of nitrogens with one attached hydrogen (secondary N) is 1. The quantitative estimate of drug-likeness (QED) is 0.653. The first-order valence-electron chi connectivity index (χ1n) is 5.62. The van der Waals surface area contributed by atoms with Crippen molar-refractivity contribution in [1.82, 2.24) is 5.43 Å². The summed E-state index contributed by atoms with van der Waals surface area (Å²) < 4.78 is 5.85. The van der Waals surface area contributed by atoms with E-state index in [0.717, 1.165) is 10.6 Å². The van der Waals surface area contributed by atoms with Crippen molar-refractivity contribution in [2.24, 2.45) is 5.84 Å². The molecule has 3 N–H and O–H groups in total. The van der Waals surface area contributed by atoms with E-state index in [4.69, 9.17) is 22.2 Å². The number of hydrogen-bond acceptors (Lipinski definition) is 4. The van der Waals surface area contributed by atoms with Crippen molar-refractivity contribution in [3.05, 3.63) is 51.7 Å². The molecule has 0 saturated heterocycles. The number of hydrazine groups is 1. The third-order valence-corrected chi connectivity index (χ3v) is 3.81. The lowest BCUT2D eigenvalue weighted by Crippen LogP contribution is -2.37. The summed E-state index contributed by atoms with van der Waals surface area (Å²) in [4.78, 5) is 1.15. The van der Waals surface area contributed by atoms with Gasteiger partial charge in [-0.25, -0.2) is 5.43 Å². The van der Waals surface area contributed by atoms with Gasteiger partial charge in [0.2, 0.25) is 0 Å². The van der Waals surface area contributed by atoms with Crippen LogP contribution in [0.5, 0.6) is 5.75 Å². The van der Waals surface area contributed by atoms with Crippen LogP contribution in [0.4, 0.5) is 0 Å². The zero-order valence-corrected chi connectivity index (χ0v) is 11.5. The first-order valence-corrected chi connectivity index (χ1v) is 6.88. The van der Waals surface area contributed by atoms with Crippen molar-refractivity contribution in [3.63, 3.8) is 0 Å². The Morgan fingerprint density at radius 2 is 2.17 bits per heavy atom. The molecule has 0 bridgehead atoms. The van der Waals surface area contributed by atoms with Crippen molar-refractivity contribution < 1.29 is 4.74 Å². The predicted octanol–water partition coefficient (Wildman–Crippen LogP) is 3.37. The summed E-state index contributed by atoms with van der Waals surface area (Å²) in [5.41, 5.74) is 2.79. The molecule has 2 rings (SSSR count). The molecule has 2 atom stereocenters. The van der Waals surface area contributed by atoms with Gasteiger partial charge < -0.3 is 4.74 Å².